The standard InChI is InChI=1S/C48H28N6OS/c1-4-12-29(13-5-1)43-49-44(30-14-6-2-7-15-30)51-47(50-43)33-22-25-41-38(27-33)36-23-20-34(28-42(36)56-41)48-53-45(31-16-8-3-9-17-31)52-46(54-48)32-21-24-40-37(26-32)35-18-10-11-19-39(35)55-40/h1-28H. The Morgan fingerprint density at radius 3 is 1.29 bits per heavy atom. The van der Waals surface area contributed by atoms with E-state index in [0.29, 0.717) is 34.9 Å². The van der Waals surface area contributed by atoms with Crippen LogP contribution in [0.3, 0.4) is 0 Å². The molecule has 0 radical (unpaired) electrons. The maximum Gasteiger partial charge on any atom is 0.164 e. The Morgan fingerprint density at radius 2 is 0.714 bits per heavy atom. The number of para-hydroxylation sites is 1. The summed E-state index contributed by atoms with van der Waals surface area (Å²) in [6, 6.07) is 57.3. The molecule has 0 bridgehead atoms. The molecule has 11 aromatic rings. The van der Waals surface area contributed by atoms with Gasteiger partial charge in [0.15, 0.2) is 34.9 Å². The van der Waals surface area contributed by atoms with Crippen molar-refractivity contribution in [3.8, 4) is 68.3 Å². The first-order chi connectivity index (χ1) is 27.7. The molecule has 262 valence electrons. The van der Waals surface area contributed by atoms with Gasteiger partial charge < -0.3 is 4.42 Å². The van der Waals surface area contributed by atoms with Crippen LogP contribution in [0.4, 0.5) is 0 Å². The molecule has 0 spiro atoms. The van der Waals surface area contributed by atoms with Gasteiger partial charge in [-0.25, -0.2) is 29.9 Å². The molecule has 4 aromatic heterocycles. The van der Waals surface area contributed by atoms with Crippen LogP contribution in [0.15, 0.2) is 174 Å². The number of rotatable bonds is 6. The summed E-state index contributed by atoms with van der Waals surface area (Å²) in [5.74, 6) is 3.73. The van der Waals surface area contributed by atoms with E-state index in [-0.39, 0.29) is 0 Å². The van der Waals surface area contributed by atoms with Crippen LogP contribution in [0.1, 0.15) is 0 Å². The Morgan fingerprint density at radius 1 is 0.286 bits per heavy atom. The van der Waals surface area contributed by atoms with E-state index in [2.05, 4.69) is 48.5 Å². The van der Waals surface area contributed by atoms with Gasteiger partial charge in [-0.1, -0.05) is 121 Å². The number of hydrogen-bond donors (Lipinski definition) is 0. The molecular weight excluding hydrogens is 709 g/mol. The van der Waals surface area contributed by atoms with E-state index in [1.54, 1.807) is 11.3 Å². The van der Waals surface area contributed by atoms with Crippen molar-refractivity contribution in [2.24, 2.45) is 0 Å². The fourth-order valence-corrected chi connectivity index (χ4v) is 8.33. The molecule has 0 aliphatic heterocycles. The van der Waals surface area contributed by atoms with Crippen LogP contribution in [0, 0.1) is 0 Å². The average Bonchev–Trinajstić information content (AvgIpc) is 3.84. The molecule has 0 saturated heterocycles. The van der Waals surface area contributed by atoms with Crippen LogP contribution in [-0.2, 0) is 0 Å². The van der Waals surface area contributed by atoms with Gasteiger partial charge in [0.1, 0.15) is 11.2 Å². The molecule has 4 heterocycles. The summed E-state index contributed by atoms with van der Waals surface area (Å²) in [6.07, 6.45) is 0. The maximum absolute atomic E-state index is 6.11. The summed E-state index contributed by atoms with van der Waals surface area (Å²) >= 11 is 1.74. The molecule has 0 N–H and O–H groups in total. The highest BCUT2D eigenvalue weighted by atomic mass is 32.1. The second-order valence-electron chi connectivity index (χ2n) is 13.5. The maximum atomic E-state index is 6.11. The van der Waals surface area contributed by atoms with Gasteiger partial charge >= 0.3 is 0 Å². The molecule has 56 heavy (non-hydrogen) atoms. The summed E-state index contributed by atoms with van der Waals surface area (Å²) < 4.78 is 8.42. The molecule has 0 unspecified atom stereocenters. The first-order valence-corrected chi connectivity index (χ1v) is 19.1. The zero-order valence-electron chi connectivity index (χ0n) is 29.7. The predicted molar refractivity (Wildman–Crippen MR) is 226 cm³/mol. The molecule has 0 atom stereocenters. The van der Waals surface area contributed by atoms with E-state index < -0.39 is 0 Å². The Bertz CT molecular complexity index is 3200. The van der Waals surface area contributed by atoms with Crippen molar-refractivity contribution in [3.05, 3.63) is 170 Å². The van der Waals surface area contributed by atoms with Gasteiger partial charge in [0, 0.05) is 64.3 Å². The lowest BCUT2D eigenvalue weighted by Gasteiger charge is -2.09. The highest BCUT2D eigenvalue weighted by molar-refractivity contribution is 7.25. The minimum atomic E-state index is 0.601. The Balaban J connectivity index is 1.02. The van der Waals surface area contributed by atoms with Crippen LogP contribution in [0.5, 0.6) is 0 Å². The van der Waals surface area contributed by atoms with Crippen molar-refractivity contribution in [1.82, 2.24) is 29.9 Å². The van der Waals surface area contributed by atoms with Gasteiger partial charge in [-0.05, 0) is 48.5 Å². The molecule has 7 aromatic carbocycles. The Kier molecular flexibility index (Phi) is 7.53. The monoisotopic (exact) mass is 736 g/mol. The van der Waals surface area contributed by atoms with Crippen molar-refractivity contribution in [2.75, 3.05) is 0 Å². The lowest BCUT2D eigenvalue weighted by molar-refractivity contribution is 0.669. The van der Waals surface area contributed by atoms with E-state index in [4.69, 9.17) is 34.3 Å². The largest absolute Gasteiger partial charge is 0.456 e. The number of benzene rings is 7. The minimum Gasteiger partial charge on any atom is -0.456 e. The highest BCUT2D eigenvalue weighted by Gasteiger charge is 2.17. The van der Waals surface area contributed by atoms with Crippen molar-refractivity contribution in [3.63, 3.8) is 0 Å². The van der Waals surface area contributed by atoms with Gasteiger partial charge in [-0.2, -0.15) is 0 Å². The molecule has 0 aliphatic carbocycles. The molecule has 0 aliphatic rings. The highest BCUT2D eigenvalue weighted by Crippen LogP contribution is 2.39. The third kappa shape index (κ3) is 5.68. The number of fused-ring (bicyclic) bond motifs is 6. The summed E-state index contributed by atoms with van der Waals surface area (Å²) in [6.45, 7) is 0. The van der Waals surface area contributed by atoms with Crippen molar-refractivity contribution in [1.29, 1.82) is 0 Å². The van der Waals surface area contributed by atoms with E-state index in [0.717, 1.165) is 70.8 Å². The topological polar surface area (TPSA) is 90.5 Å². The van der Waals surface area contributed by atoms with Crippen molar-refractivity contribution in [2.45, 2.75) is 0 Å². The normalized spacial score (nSPS) is 11.6. The van der Waals surface area contributed by atoms with E-state index in [9.17, 15) is 0 Å². The van der Waals surface area contributed by atoms with E-state index in [1.807, 2.05) is 121 Å². The lowest BCUT2D eigenvalue weighted by atomic mass is 10.1. The Labute approximate surface area is 324 Å². The molecule has 0 saturated carbocycles. The van der Waals surface area contributed by atoms with Gasteiger partial charge in [-0.3, -0.25) is 0 Å². The number of aromatic nitrogens is 6. The second-order valence-corrected chi connectivity index (χ2v) is 14.6. The Hall–Kier alpha value is -7.42. The first kappa shape index (κ1) is 32.0. The summed E-state index contributed by atoms with van der Waals surface area (Å²) in [5, 5.41) is 4.37. The van der Waals surface area contributed by atoms with Crippen molar-refractivity contribution >= 4 is 53.4 Å². The smallest absolute Gasteiger partial charge is 0.164 e. The van der Waals surface area contributed by atoms with Gasteiger partial charge in [0.05, 0.1) is 0 Å². The minimum absolute atomic E-state index is 0.601. The predicted octanol–water partition coefficient (Wildman–Crippen LogP) is 12.3. The molecule has 11 rings (SSSR count). The zero-order chi connectivity index (χ0) is 37.0. The SMILES string of the molecule is c1ccc(-c2nc(-c3ccc4c(c3)sc3ccc(-c5nc(-c6ccccc6)nc(-c6ccccc6)n5)cc34)nc(-c3ccc4oc5ccccc5c4c3)n2)cc1. The zero-order valence-corrected chi connectivity index (χ0v) is 30.5. The van der Waals surface area contributed by atoms with Crippen LogP contribution in [0.2, 0.25) is 0 Å². The van der Waals surface area contributed by atoms with E-state index >= 15 is 0 Å². The van der Waals surface area contributed by atoms with Gasteiger partial charge in [0.25, 0.3) is 0 Å². The van der Waals surface area contributed by atoms with Crippen molar-refractivity contribution < 1.29 is 4.42 Å². The molecule has 0 amide bonds. The van der Waals surface area contributed by atoms with Gasteiger partial charge in [-0.15, -0.1) is 11.3 Å². The average molecular weight is 737 g/mol. The summed E-state index contributed by atoms with van der Waals surface area (Å²) in [5.41, 5.74) is 7.22. The van der Waals surface area contributed by atoms with Crippen LogP contribution >= 0.6 is 11.3 Å². The number of furan rings is 1. The molecule has 7 nitrogen and oxygen atoms in total. The second kappa shape index (κ2) is 13.2. The quantitative estimate of drug-likeness (QED) is 0.168. The molecule has 8 heteroatoms. The number of nitrogens with zero attached hydrogens (tertiary/aromatic N) is 6. The molecular formula is C48H28N6OS. The van der Waals surface area contributed by atoms with Gasteiger partial charge in [0.2, 0.25) is 0 Å². The fraction of sp³-hybridized carbons (Fsp3) is 0. The summed E-state index contributed by atoms with van der Waals surface area (Å²) in [4.78, 5) is 29.9. The fourth-order valence-electron chi connectivity index (χ4n) is 7.21. The third-order valence-electron chi connectivity index (χ3n) is 9.99. The first-order valence-electron chi connectivity index (χ1n) is 18.3. The van der Waals surface area contributed by atoms with Crippen LogP contribution in [-0.4, -0.2) is 29.9 Å². The number of hydrogen-bond acceptors (Lipinski definition) is 8. The van der Waals surface area contributed by atoms with Crippen LogP contribution < -0.4 is 0 Å². The van der Waals surface area contributed by atoms with Crippen LogP contribution in [0.25, 0.3) is 110 Å². The van der Waals surface area contributed by atoms with E-state index in [1.165, 1.54) is 4.70 Å². The summed E-state index contributed by atoms with van der Waals surface area (Å²) in [7, 11) is 0. The number of thiophene rings is 1. The molecule has 0 fully saturated rings. The third-order valence-corrected chi connectivity index (χ3v) is 11.1. The lowest BCUT2D eigenvalue weighted by Crippen LogP contribution is -2.00.